The SMILES string of the molecule is Cc1cn2ccc(C(N)=O)c2cn1. The topological polar surface area (TPSA) is 60.4 Å². The van der Waals surface area contributed by atoms with Gasteiger partial charge in [-0.2, -0.15) is 0 Å². The van der Waals surface area contributed by atoms with Crippen LogP contribution in [0.2, 0.25) is 0 Å². The van der Waals surface area contributed by atoms with Crippen LogP contribution in [0.5, 0.6) is 0 Å². The second-order valence-electron chi connectivity index (χ2n) is 2.91. The Morgan fingerprint density at radius 1 is 1.62 bits per heavy atom. The van der Waals surface area contributed by atoms with Gasteiger partial charge in [0.2, 0.25) is 0 Å². The summed E-state index contributed by atoms with van der Waals surface area (Å²) >= 11 is 0. The summed E-state index contributed by atoms with van der Waals surface area (Å²) in [6.07, 6.45) is 5.29. The number of amides is 1. The van der Waals surface area contributed by atoms with Gasteiger partial charge in [0.1, 0.15) is 0 Å². The number of nitrogens with two attached hydrogens (primary N) is 1. The van der Waals surface area contributed by atoms with Crippen molar-refractivity contribution in [3.63, 3.8) is 0 Å². The van der Waals surface area contributed by atoms with Gasteiger partial charge in [0.25, 0.3) is 5.91 Å². The highest BCUT2D eigenvalue weighted by atomic mass is 16.1. The van der Waals surface area contributed by atoms with Crippen LogP contribution >= 0.6 is 0 Å². The van der Waals surface area contributed by atoms with Gasteiger partial charge in [0, 0.05) is 12.4 Å². The summed E-state index contributed by atoms with van der Waals surface area (Å²) < 4.78 is 1.84. The molecule has 4 heteroatoms. The maximum atomic E-state index is 10.9. The van der Waals surface area contributed by atoms with Gasteiger partial charge in [-0.05, 0) is 13.0 Å². The van der Waals surface area contributed by atoms with Crippen LogP contribution in [-0.4, -0.2) is 15.3 Å². The quantitative estimate of drug-likeness (QED) is 0.694. The molecule has 0 fully saturated rings. The number of carbonyl (C=O) groups is 1. The molecule has 0 saturated heterocycles. The summed E-state index contributed by atoms with van der Waals surface area (Å²) in [7, 11) is 0. The predicted octanol–water partition coefficient (Wildman–Crippen LogP) is 0.742. The number of fused-ring (bicyclic) bond motifs is 1. The number of nitrogens with zero attached hydrogens (tertiary/aromatic N) is 2. The van der Waals surface area contributed by atoms with Crippen LogP contribution in [0.3, 0.4) is 0 Å². The lowest BCUT2D eigenvalue weighted by Gasteiger charge is -1.96. The Morgan fingerprint density at radius 3 is 3.08 bits per heavy atom. The Bertz CT molecular complexity index is 473. The van der Waals surface area contributed by atoms with E-state index in [1.807, 2.05) is 17.5 Å². The number of hydrogen-bond acceptors (Lipinski definition) is 2. The van der Waals surface area contributed by atoms with Gasteiger partial charge in [-0.1, -0.05) is 0 Å². The van der Waals surface area contributed by atoms with E-state index < -0.39 is 5.91 Å². The lowest BCUT2D eigenvalue weighted by atomic mass is 10.3. The average Bonchev–Trinajstić information content (AvgIpc) is 2.46. The minimum atomic E-state index is -0.423. The molecule has 2 rings (SSSR count). The molecule has 13 heavy (non-hydrogen) atoms. The molecule has 1 amide bonds. The number of primary amides is 1. The third kappa shape index (κ3) is 1.16. The van der Waals surface area contributed by atoms with Crippen molar-refractivity contribution in [2.75, 3.05) is 0 Å². The number of aryl methyl sites for hydroxylation is 1. The number of aromatic nitrogens is 2. The van der Waals surface area contributed by atoms with Crippen molar-refractivity contribution in [2.45, 2.75) is 6.92 Å². The Morgan fingerprint density at radius 2 is 2.38 bits per heavy atom. The largest absolute Gasteiger partial charge is 0.366 e. The second-order valence-corrected chi connectivity index (χ2v) is 2.91. The van der Waals surface area contributed by atoms with E-state index in [4.69, 9.17) is 5.73 Å². The molecular weight excluding hydrogens is 166 g/mol. The molecule has 0 aliphatic rings. The van der Waals surface area contributed by atoms with Crippen molar-refractivity contribution < 1.29 is 4.79 Å². The number of hydrogen-bond donors (Lipinski definition) is 1. The summed E-state index contributed by atoms with van der Waals surface area (Å²) in [5, 5.41) is 0. The molecule has 0 atom stereocenters. The van der Waals surface area contributed by atoms with Crippen LogP contribution in [0.15, 0.2) is 24.7 Å². The fraction of sp³-hybridized carbons (Fsp3) is 0.111. The molecule has 2 aromatic heterocycles. The van der Waals surface area contributed by atoms with Gasteiger partial charge in [-0.15, -0.1) is 0 Å². The molecular formula is C9H9N3O. The fourth-order valence-corrected chi connectivity index (χ4v) is 1.31. The van der Waals surface area contributed by atoms with Gasteiger partial charge in [0.15, 0.2) is 0 Å². The molecule has 0 aliphatic carbocycles. The van der Waals surface area contributed by atoms with Crippen molar-refractivity contribution in [2.24, 2.45) is 5.73 Å². The first kappa shape index (κ1) is 7.79. The highest BCUT2D eigenvalue weighted by molar-refractivity contribution is 5.99. The van der Waals surface area contributed by atoms with Gasteiger partial charge in [0.05, 0.1) is 23.0 Å². The van der Waals surface area contributed by atoms with Crippen LogP contribution in [0.1, 0.15) is 16.1 Å². The van der Waals surface area contributed by atoms with Gasteiger partial charge < -0.3 is 10.1 Å². The molecule has 66 valence electrons. The molecule has 2 aromatic rings. The van der Waals surface area contributed by atoms with Crippen LogP contribution in [-0.2, 0) is 0 Å². The summed E-state index contributed by atoms with van der Waals surface area (Å²) in [4.78, 5) is 15.0. The molecule has 2 N–H and O–H groups in total. The fourth-order valence-electron chi connectivity index (χ4n) is 1.31. The predicted molar refractivity (Wildman–Crippen MR) is 48.4 cm³/mol. The van der Waals surface area contributed by atoms with Crippen molar-refractivity contribution in [1.29, 1.82) is 0 Å². The van der Waals surface area contributed by atoms with Crippen LogP contribution in [0.25, 0.3) is 5.52 Å². The molecule has 2 heterocycles. The maximum absolute atomic E-state index is 10.9. The van der Waals surface area contributed by atoms with E-state index in [-0.39, 0.29) is 0 Å². The molecule has 0 aliphatic heterocycles. The minimum Gasteiger partial charge on any atom is -0.366 e. The first-order chi connectivity index (χ1) is 6.18. The molecule has 0 spiro atoms. The third-order valence-electron chi connectivity index (χ3n) is 1.94. The summed E-state index contributed by atoms with van der Waals surface area (Å²) in [6, 6.07) is 1.69. The Labute approximate surface area is 75.0 Å². The van der Waals surface area contributed by atoms with Gasteiger partial charge in [-0.25, -0.2) is 0 Å². The highest BCUT2D eigenvalue weighted by Crippen LogP contribution is 2.10. The summed E-state index contributed by atoms with van der Waals surface area (Å²) in [5.74, 6) is -0.423. The minimum absolute atomic E-state index is 0.423. The molecule has 0 saturated carbocycles. The van der Waals surface area contributed by atoms with Crippen molar-refractivity contribution in [1.82, 2.24) is 9.38 Å². The number of carbonyl (C=O) groups excluding carboxylic acids is 1. The Hall–Kier alpha value is -1.84. The highest BCUT2D eigenvalue weighted by Gasteiger charge is 2.07. The van der Waals surface area contributed by atoms with E-state index in [0.717, 1.165) is 11.2 Å². The summed E-state index contributed by atoms with van der Waals surface area (Å²) in [5.41, 5.74) is 7.34. The van der Waals surface area contributed by atoms with Crippen LogP contribution in [0, 0.1) is 6.92 Å². The Balaban J connectivity index is 2.76. The lowest BCUT2D eigenvalue weighted by molar-refractivity contribution is 0.100. The van der Waals surface area contributed by atoms with E-state index in [0.29, 0.717) is 5.56 Å². The molecule has 4 nitrogen and oxygen atoms in total. The smallest absolute Gasteiger partial charge is 0.250 e. The Kier molecular flexibility index (Phi) is 1.55. The van der Waals surface area contributed by atoms with E-state index in [1.54, 1.807) is 18.5 Å². The van der Waals surface area contributed by atoms with E-state index in [2.05, 4.69) is 4.98 Å². The first-order valence-corrected chi connectivity index (χ1v) is 3.91. The zero-order valence-electron chi connectivity index (χ0n) is 7.19. The normalized spacial score (nSPS) is 10.5. The third-order valence-corrected chi connectivity index (χ3v) is 1.94. The lowest BCUT2D eigenvalue weighted by Crippen LogP contribution is -2.10. The monoisotopic (exact) mass is 175 g/mol. The van der Waals surface area contributed by atoms with E-state index in [1.165, 1.54) is 0 Å². The molecule has 0 bridgehead atoms. The first-order valence-electron chi connectivity index (χ1n) is 3.91. The molecule has 0 aromatic carbocycles. The van der Waals surface area contributed by atoms with Crippen LogP contribution in [0.4, 0.5) is 0 Å². The second kappa shape index (κ2) is 2.58. The molecule has 0 unspecified atom stereocenters. The number of rotatable bonds is 1. The van der Waals surface area contributed by atoms with Crippen molar-refractivity contribution in [3.05, 3.63) is 35.9 Å². The standard InChI is InChI=1S/C9H9N3O/c1-6-5-12-3-2-7(9(10)13)8(12)4-11-6/h2-5H,1H3,(H2,10,13). The zero-order chi connectivity index (χ0) is 9.42. The van der Waals surface area contributed by atoms with Gasteiger partial charge in [-0.3, -0.25) is 9.78 Å². The van der Waals surface area contributed by atoms with Gasteiger partial charge >= 0.3 is 0 Å². The zero-order valence-corrected chi connectivity index (χ0v) is 7.19. The van der Waals surface area contributed by atoms with Crippen molar-refractivity contribution in [3.8, 4) is 0 Å². The van der Waals surface area contributed by atoms with Crippen LogP contribution < -0.4 is 5.73 Å². The summed E-state index contributed by atoms with van der Waals surface area (Å²) in [6.45, 7) is 1.89. The van der Waals surface area contributed by atoms with E-state index >= 15 is 0 Å². The van der Waals surface area contributed by atoms with Crippen molar-refractivity contribution >= 4 is 11.4 Å². The average molecular weight is 175 g/mol. The molecule has 0 radical (unpaired) electrons. The van der Waals surface area contributed by atoms with E-state index in [9.17, 15) is 4.79 Å². The maximum Gasteiger partial charge on any atom is 0.250 e.